The lowest BCUT2D eigenvalue weighted by Gasteiger charge is -2.14. The van der Waals surface area contributed by atoms with Crippen LogP contribution in [0.2, 0.25) is 0 Å². The summed E-state index contributed by atoms with van der Waals surface area (Å²) in [7, 11) is 0. The quantitative estimate of drug-likeness (QED) is 0.639. The zero-order valence-electron chi connectivity index (χ0n) is 14.4. The molecule has 3 aromatic carbocycles. The second-order valence-electron chi connectivity index (χ2n) is 5.88. The number of hydrogen-bond acceptors (Lipinski definition) is 3. The lowest BCUT2D eigenvalue weighted by atomic mass is 10.0. The van der Waals surface area contributed by atoms with Crippen molar-refractivity contribution in [2.45, 2.75) is 19.5 Å². The van der Waals surface area contributed by atoms with E-state index in [1.165, 1.54) is 6.07 Å². The molecule has 140 valence electrons. The van der Waals surface area contributed by atoms with Crippen molar-refractivity contribution in [3.8, 4) is 22.6 Å². The number of ether oxygens (including phenoxy) is 2. The van der Waals surface area contributed by atoms with Crippen LogP contribution in [0.4, 0.5) is 13.2 Å². The fourth-order valence-electron chi connectivity index (χ4n) is 2.65. The van der Waals surface area contributed by atoms with Crippen molar-refractivity contribution in [1.29, 1.82) is 0 Å². The SMILES string of the molecule is NCc1cc(-c2cccc(OCc3ccccc3)c2)ccc1OC(F)(F)F. The van der Waals surface area contributed by atoms with E-state index in [0.717, 1.165) is 16.7 Å². The van der Waals surface area contributed by atoms with Crippen molar-refractivity contribution in [1.82, 2.24) is 0 Å². The van der Waals surface area contributed by atoms with Crippen molar-refractivity contribution in [2.75, 3.05) is 0 Å². The molecule has 0 saturated carbocycles. The summed E-state index contributed by atoms with van der Waals surface area (Å²) in [5.74, 6) is 0.381. The molecular formula is C21H18F3NO2. The topological polar surface area (TPSA) is 44.5 Å². The van der Waals surface area contributed by atoms with E-state index in [1.54, 1.807) is 12.1 Å². The van der Waals surface area contributed by atoms with Gasteiger partial charge in [-0.2, -0.15) is 0 Å². The van der Waals surface area contributed by atoms with Crippen molar-refractivity contribution >= 4 is 0 Å². The summed E-state index contributed by atoms with van der Waals surface area (Å²) in [6.07, 6.45) is -4.75. The minimum Gasteiger partial charge on any atom is -0.489 e. The van der Waals surface area contributed by atoms with E-state index in [1.807, 2.05) is 54.6 Å². The number of hydrogen-bond donors (Lipinski definition) is 1. The minimum atomic E-state index is -4.75. The molecule has 0 aliphatic heterocycles. The summed E-state index contributed by atoms with van der Waals surface area (Å²) in [5, 5.41) is 0. The molecule has 0 fully saturated rings. The maximum atomic E-state index is 12.5. The highest BCUT2D eigenvalue weighted by Gasteiger charge is 2.32. The predicted octanol–water partition coefficient (Wildman–Crippen LogP) is 5.29. The van der Waals surface area contributed by atoms with Crippen LogP contribution in [-0.4, -0.2) is 6.36 Å². The zero-order valence-corrected chi connectivity index (χ0v) is 14.4. The molecule has 27 heavy (non-hydrogen) atoms. The number of rotatable bonds is 6. The summed E-state index contributed by atoms with van der Waals surface area (Å²) in [6.45, 7) is 0.361. The normalized spacial score (nSPS) is 11.3. The Morgan fingerprint density at radius 3 is 2.26 bits per heavy atom. The van der Waals surface area contributed by atoms with Crippen LogP contribution >= 0.6 is 0 Å². The van der Waals surface area contributed by atoms with Crippen molar-refractivity contribution in [3.63, 3.8) is 0 Å². The maximum Gasteiger partial charge on any atom is 0.573 e. The first-order chi connectivity index (χ1) is 12.9. The Morgan fingerprint density at radius 1 is 0.815 bits per heavy atom. The van der Waals surface area contributed by atoms with Gasteiger partial charge in [0.1, 0.15) is 18.1 Å². The molecule has 0 atom stereocenters. The first-order valence-corrected chi connectivity index (χ1v) is 8.30. The summed E-state index contributed by atoms with van der Waals surface area (Å²) in [6, 6.07) is 21.5. The third-order valence-corrected chi connectivity index (χ3v) is 3.92. The standard InChI is InChI=1S/C21H18F3NO2/c22-21(23,24)27-20-10-9-17(11-18(20)13-25)16-7-4-8-19(12-16)26-14-15-5-2-1-3-6-15/h1-12H,13-14,25H2. The Labute approximate surface area is 155 Å². The van der Waals surface area contributed by atoms with Gasteiger partial charge in [-0.3, -0.25) is 0 Å². The van der Waals surface area contributed by atoms with Crippen LogP contribution in [0.5, 0.6) is 11.5 Å². The van der Waals surface area contributed by atoms with E-state index >= 15 is 0 Å². The number of alkyl halides is 3. The molecule has 0 aromatic heterocycles. The van der Waals surface area contributed by atoms with Crippen molar-refractivity contribution in [3.05, 3.63) is 83.9 Å². The highest BCUT2D eigenvalue weighted by atomic mass is 19.4. The van der Waals surface area contributed by atoms with Gasteiger partial charge < -0.3 is 15.2 Å². The van der Waals surface area contributed by atoms with E-state index < -0.39 is 6.36 Å². The Kier molecular flexibility index (Phi) is 5.66. The van der Waals surface area contributed by atoms with Gasteiger partial charge in [-0.25, -0.2) is 0 Å². The smallest absolute Gasteiger partial charge is 0.489 e. The van der Waals surface area contributed by atoms with Gasteiger partial charge in [0.15, 0.2) is 0 Å². The molecule has 3 rings (SSSR count). The van der Waals surface area contributed by atoms with Crippen LogP contribution in [0.3, 0.4) is 0 Å². The molecule has 0 unspecified atom stereocenters. The van der Waals surface area contributed by atoms with Crippen LogP contribution in [-0.2, 0) is 13.2 Å². The number of benzene rings is 3. The maximum absolute atomic E-state index is 12.5. The molecule has 3 aromatic rings. The second kappa shape index (κ2) is 8.14. The monoisotopic (exact) mass is 373 g/mol. The lowest BCUT2D eigenvalue weighted by Crippen LogP contribution is -2.18. The Bertz CT molecular complexity index is 895. The highest BCUT2D eigenvalue weighted by Crippen LogP contribution is 2.31. The molecule has 0 heterocycles. The summed E-state index contributed by atoms with van der Waals surface area (Å²) in [5.41, 5.74) is 8.45. The van der Waals surface area contributed by atoms with Gasteiger partial charge in [0.25, 0.3) is 0 Å². The molecule has 0 bridgehead atoms. The molecule has 0 aliphatic rings. The van der Waals surface area contributed by atoms with Gasteiger partial charge in [0.2, 0.25) is 0 Å². The van der Waals surface area contributed by atoms with E-state index in [4.69, 9.17) is 10.5 Å². The lowest BCUT2D eigenvalue weighted by molar-refractivity contribution is -0.274. The molecule has 0 saturated heterocycles. The zero-order chi connectivity index (χ0) is 19.3. The van der Waals surface area contributed by atoms with Gasteiger partial charge in [0.05, 0.1) is 0 Å². The average molecular weight is 373 g/mol. The van der Waals surface area contributed by atoms with E-state index in [2.05, 4.69) is 4.74 Å². The van der Waals surface area contributed by atoms with Gasteiger partial charge >= 0.3 is 6.36 Å². The van der Waals surface area contributed by atoms with Crippen LogP contribution in [0.25, 0.3) is 11.1 Å². The first kappa shape index (κ1) is 18.8. The van der Waals surface area contributed by atoms with Crippen LogP contribution < -0.4 is 15.2 Å². The molecule has 3 nitrogen and oxygen atoms in total. The average Bonchev–Trinajstić information content (AvgIpc) is 2.66. The summed E-state index contributed by atoms with van der Waals surface area (Å²) < 4.78 is 47.3. The number of halogens is 3. The molecule has 2 N–H and O–H groups in total. The molecule has 0 amide bonds. The van der Waals surface area contributed by atoms with E-state index in [0.29, 0.717) is 12.4 Å². The van der Waals surface area contributed by atoms with Gasteiger partial charge in [-0.05, 0) is 41.0 Å². The summed E-state index contributed by atoms with van der Waals surface area (Å²) in [4.78, 5) is 0. The molecule has 0 radical (unpaired) electrons. The summed E-state index contributed by atoms with van der Waals surface area (Å²) >= 11 is 0. The van der Waals surface area contributed by atoms with Gasteiger partial charge in [-0.1, -0.05) is 48.5 Å². The number of nitrogens with two attached hydrogens (primary N) is 1. The van der Waals surface area contributed by atoms with Crippen LogP contribution in [0.1, 0.15) is 11.1 Å². The van der Waals surface area contributed by atoms with E-state index in [-0.39, 0.29) is 17.9 Å². The van der Waals surface area contributed by atoms with E-state index in [9.17, 15) is 13.2 Å². The third-order valence-electron chi connectivity index (χ3n) is 3.92. The Hall–Kier alpha value is -2.99. The van der Waals surface area contributed by atoms with Crippen molar-refractivity contribution in [2.24, 2.45) is 5.73 Å². The fourth-order valence-corrected chi connectivity index (χ4v) is 2.65. The molecule has 0 spiro atoms. The molecular weight excluding hydrogens is 355 g/mol. The second-order valence-corrected chi connectivity index (χ2v) is 5.88. The van der Waals surface area contributed by atoms with Crippen LogP contribution in [0.15, 0.2) is 72.8 Å². The Balaban J connectivity index is 1.80. The largest absolute Gasteiger partial charge is 0.573 e. The Morgan fingerprint density at radius 2 is 1.56 bits per heavy atom. The van der Waals surface area contributed by atoms with Crippen LogP contribution in [0, 0.1) is 0 Å². The molecule has 6 heteroatoms. The van der Waals surface area contributed by atoms with Gasteiger partial charge in [0, 0.05) is 12.1 Å². The minimum absolute atomic E-state index is 0.0660. The highest BCUT2D eigenvalue weighted by molar-refractivity contribution is 5.67. The van der Waals surface area contributed by atoms with Crippen molar-refractivity contribution < 1.29 is 22.6 Å². The first-order valence-electron chi connectivity index (χ1n) is 8.30. The predicted molar refractivity (Wildman–Crippen MR) is 97.2 cm³/mol. The van der Waals surface area contributed by atoms with Gasteiger partial charge in [-0.15, -0.1) is 13.2 Å². The molecule has 0 aliphatic carbocycles. The fraction of sp³-hybridized carbons (Fsp3) is 0.143. The third kappa shape index (κ3) is 5.24.